The van der Waals surface area contributed by atoms with Gasteiger partial charge in [0.25, 0.3) is 0 Å². The highest BCUT2D eigenvalue weighted by molar-refractivity contribution is 9.11. The molecule has 2 amide bonds. The lowest BCUT2D eigenvalue weighted by molar-refractivity contribution is -0.120. The summed E-state index contributed by atoms with van der Waals surface area (Å²) in [6.07, 6.45) is 5.07. The lowest BCUT2D eigenvalue weighted by Gasteiger charge is -2.31. The molecule has 0 aliphatic carbocycles. The van der Waals surface area contributed by atoms with E-state index in [0.29, 0.717) is 6.54 Å². The number of carbonyl (C=O) groups is 2. The SMILES string of the molecule is NC(=O)CN1CCC(NC(=O)C=Cc2ccc(Br)s2)CC1. The zero-order chi connectivity index (χ0) is 15.2. The van der Waals surface area contributed by atoms with E-state index in [2.05, 4.69) is 21.2 Å². The van der Waals surface area contributed by atoms with Gasteiger partial charge >= 0.3 is 0 Å². The second-order valence-electron chi connectivity index (χ2n) is 5.00. The number of nitrogens with two attached hydrogens (primary N) is 1. The summed E-state index contributed by atoms with van der Waals surface area (Å²) in [6.45, 7) is 1.87. The molecule has 1 aromatic heterocycles. The molecule has 0 saturated carbocycles. The number of likely N-dealkylation sites (tertiary alicyclic amines) is 1. The summed E-state index contributed by atoms with van der Waals surface area (Å²) < 4.78 is 1.05. The summed E-state index contributed by atoms with van der Waals surface area (Å²) >= 11 is 4.97. The van der Waals surface area contributed by atoms with E-state index in [0.717, 1.165) is 34.6 Å². The summed E-state index contributed by atoms with van der Waals surface area (Å²) in [5.41, 5.74) is 5.17. The van der Waals surface area contributed by atoms with Crippen LogP contribution < -0.4 is 11.1 Å². The smallest absolute Gasteiger partial charge is 0.244 e. The Morgan fingerprint density at radius 3 is 2.71 bits per heavy atom. The monoisotopic (exact) mass is 371 g/mol. The molecule has 21 heavy (non-hydrogen) atoms. The summed E-state index contributed by atoms with van der Waals surface area (Å²) in [5, 5.41) is 2.99. The fraction of sp³-hybridized carbons (Fsp3) is 0.429. The molecule has 7 heteroatoms. The molecule has 1 fully saturated rings. The van der Waals surface area contributed by atoms with Crippen molar-refractivity contribution in [3.63, 3.8) is 0 Å². The number of carbonyl (C=O) groups excluding carboxylic acids is 2. The first-order valence-electron chi connectivity index (χ1n) is 6.77. The molecule has 1 aliphatic heterocycles. The van der Waals surface area contributed by atoms with Crippen LogP contribution in [0.5, 0.6) is 0 Å². The Balaban J connectivity index is 1.74. The first-order valence-corrected chi connectivity index (χ1v) is 8.38. The summed E-state index contributed by atoms with van der Waals surface area (Å²) in [7, 11) is 0. The average Bonchev–Trinajstić information content (AvgIpc) is 2.84. The van der Waals surface area contributed by atoms with Gasteiger partial charge in [0.05, 0.1) is 10.3 Å². The molecule has 0 unspecified atom stereocenters. The molecule has 0 radical (unpaired) electrons. The number of nitrogens with one attached hydrogen (secondary N) is 1. The first kappa shape index (κ1) is 16.2. The lowest BCUT2D eigenvalue weighted by atomic mass is 10.1. The third-order valence-corrected chi connectivity index (χ3v) is 4.90. The van der Waals surface area contributed by atoms with Crippen LogP contribution in [0.1, 0.15) is 17.7 Å². The molecule has 114 valence electrons. The number of nitrogens with zero attached hydrogens (tertiary/aromatic N) is 1. The second-order valence-corrected chi connectivity index (χ2v) is 7.50. The molecule has 0 spiro atoms. The van der Waals surface area contributed by atoms with E-state index in [4.69, 9.17) is 5.73 Å². The molecule has 1 aromatic rings. The molecule has 2 rings (SSSR count). The number of halogens is 1. The zero-order valence-electron chi connectivity index (χ0n) is 11.5. The molecule has 3 N–H and O–H groups in total. The van der Waals surface area contributed by atoms with Crippen molar-refractivity contribution in [3.8, 4) is 0 Å². The van der Waals surface area contributed by atoms with Crippen LogP contribution >= 0.6 is 27.3 Å². The van der Waals surface area contributed by atoms with E-state index in [1.165, 1.54) is 0 Å². The van der Waals surface area contributed by atoms with E-state index in [1.807, 2.05) is 23.1 Å². The Morgan fingerprint density at radius 2 is 2.14 bits per heavy atom. The van der Waals surface area contributed by atoms with Gasteiger partial charge in [-0.1, -0.05) is 0 Å². The van der Waals surface area contributed by atoms with Crippen molar-refractivity contribution in [1.82, 2.24) is 10.2 Å². The predicted octanol–water partition coefficient (Wildman–Crippen LogP) is 1.59. The quantitative estimate of drug-likeness (QED) is 0.771. The molecule has 0 aromatic carbocycles. The largest absolute Gasteiger partial charge is 0.369 e. The fourth-order valence-corrected chi connectivity index (χ4v) is 3.61. The molecular weight excluding hydrogens is 354 g/mol. The molecule has 0 atom stereocenters. The molecule has 2 heterocycles. The van der Waals surface area contributed by atoms with Gasteiger partial charge in [-0.25, -0.2) is 0 Å². The maximum atomic E-state index is 11.9. The van der Waals surface area contributed by atoms with Crippen molar-refractivity contribution >= 4 is 45.2 Å². The number of thiophene rings is 1. The average molecular weight is 372 g/mol. The van der Waals surface area contributed by atoms with Crippen molar-refractivity contribution in [2.24, 2.45) is 5.73 Å². The Kier molecular flexibility index (Phi) is 5.96. The summed E-state index contributed by atoms with van der Waals surface area (Å²) in [5.74, 6) is -0.379. The standard InChI is InChI=1S/C14H18BrN3O2S/c15-12-3-1-11(21-12)2-4-14(20)17-10-5-7-18(8-6-10)9-13(16)19/h1-4,10H,5-9H2,(H2,16,19)(H,17,20). The van der Waals surface area contributed by atoms with Gasteiger partial charge in [0.15, 0.2) is 0 Å². The maximum absolute atomic E-state index is 11.9. The van der Waals surface area contributed by atoms with Crippen LogP contribution in [0.4, 0.5) is 0 Å². The normalized spacial score (nSPS) is 17.2. The fourth-order valence-electron chi connectivity index (χ4n) is 2.28. The van der Waals surface area contributed by atoms with Crippen LogP contribution in [0.25, 0.3) is 6.08 Å². The molecule has 0 bridgehead atoms. The third-order valence-electron chi connectivity index (χ3n) is 3.31. The minimum Gasteiger partial charge on any atom is -0.369 e. The number of rotatable bonds is 5. The van der Waals surface area contributed by atoms with Crippen molar-refractivity contribution in [2.45, 2.75) is 18.9 Å². The van der Waals surface area contributed by atoms with Gasteiger partial charge in [0, 0.05) is 30.1 Å². The maximum Gasteiger partial charge on any atom is 0.244 e. The van der Waals surface area contributed by atoms with Gasteiger partial charge in [0.1, 0.15) is 0 Å². The zero-order valence-corrected chi connectivity index (χ0v) is 14.0. The Hall–Kier alpha value is -1.18. The van der Waals surface area contributed by atoms with Crippen LogP contribution in [-0.2, 0) is 9.59 Å². The topological polar surface area (TPSA) is 75.4 Å². The first-order chi connectivity index (χ1) is 10.0. The number of hydrogen-bond acceptors (Lipinski definition) is 4. The van der Waals surface area contributed by atoms with E-state index >= 15 is 0 Å². The Morgan fingerprint density at radius 1 is 1.43 bits per heavy atom. The van der Waals surface area contributed by atoms with Crippen LogP contribution in [0.3, 0.4) is 0 Å². The van der Waals surface area contributed by atoms with Crippen LogP contribution in [0.2, 0.25) is 0 Å². The van der Waals surface area contributed by atoms with Crippen molar-refractivity contribution in [2.75, 3.05) is 19.6 Å². The second kappa shape index (κ2) is 7.72. The summed E-state index contributed by atoms with van der Waals surface area (Å²) in [4.78, 5) is 25.8. The van der Waals surface area contributed by atoms with Gasteiger partial charge in [-0.3, -0.25) is 14.5 Å². The molecule has 1 saturated heterocycles. The van der Waals surface area contributed by atoms with E-state index in [9.17, 15) is 9.59 Å². The molecule has 1 aliphatic rings. The van der Waals surface area contributed by atoms with E-state index < -0.39 is 0 Å². The minimum atomic E-state index is -0.303. The predicted molar refractivity (Wildman–Crippen MR) is 87.9 cm³/mol. The van der Waals surface area contributed by atoms with Gasteiger partial charge < -0.3 is 11.1 Å². The van der Waals surface area contributed by atoms with Gasteiger partial charge in [-0.15, -0.1) is 11.3 Å². The number of piperidine rings is 1. The third kappa shape index (κ3) is 5.61. The van der Waals surface area contributed by atoms with Gasteiger partial charge in [-0.05, 0) is 47.0 Å². The van der Waals surface area contributed by atoms with Crippen molar-refractivity contribution in [3.05, 3.63) is 26.9 Å². The highest BCUT2D eigenvalue weighted by Gasteiger charge is 2.20. The molecular formula is C14H18BrN3O2S. The van der Waals surface area contributed by atoms with Crippen LogP contribution in [0, 0.1) is 0 Å². The van der Waals surface area contributed by atoms with Crippen molar-refractivity contribution in [1.29, 1.82) is 0 Å². The van der Waals surface area contributed by atoms with E-state index in [1.54, 1.807) is 17.4 Å². The van der Waals surface area contributed by atoms with Gasteiger partial charge in [-0.2, -0.15) is 0 Å². The van der Waals surface area contributed by atoms with E-state index in [-0.39, 0.29) is 17.9 Å². The number of primary amides is 1. The van der Waals surface area contributed by atoms with Gasteiger partial charge in [0.2, 0.25) is 11.8 Å². The lowest BCUT2D eigenvalue weighted by Crippen LogP contribution is -2.46. The highest BCUT2D eigenvalue weighted by atomic mass is 79.9. The Labute approximate surface area is 136 Å². The van der Waals surface area contributed by atoms with Crippen LogP contribution in [0.15, 0.2) is 22.0 Å². The van der Waals surface area contributed by atoms with Crippen molar-refractivity contribution < 1.29 is 9.59 Å². The number of hydrogen-bond donors (Lipinski definition) is 2. The number of amides is 2. The Bertz CT molecular complexity index is 536. The highest BCUT2D eigenvalue weighted by Crippen LogP contribution is 2.22. The molecule has 5 nitrogen and oxygen atoms in total. The summed E-state index contributed by atoms with van der Waals surface area (Å²) in [6, 6.07) is 4.08. The minimum absolute atomic E-state index is 0.0760. The van der Waals surface area contributed by atoms with Crippen LogP contribution in [-0.4, -0.2) is 42.4 Å².